The number of halogens is 1. The third-order valence-electron chi connectivity index (χ3n) is 7.50. The topological polar surface area (TPSA) is 93.5 Å². The smallest absolute Gasteiger partial charge is 0.335 e. The van der Waals surface area contributed by atoms with E-state index in [4.69, 9.17) is 16.3 Å². The maximum Gasteiger partial charge on any atom is 0.335 e. The molecule has 2 aliphatic carbocycles. The molecule has 2 aromatic rings. The lowest BCUT2D eigenvalue weighted by Crippen LogP contribution is -2.49. The molecule has 0 aliphatic heterocycles. The van der Waals surface area contributed by atoms with Crippen LogP contribution in [-0.4, -0.2) is 39.2 Å². The van der Waals surface area contributed by atoms with Gasteiger partial charge in [0.05, 0.1) is 12.1 Å². The minimum atomic E-state index is -0.946. The molecule has 186 valence electrons. The van der Waals surface area contributed by atoms with Crippen molar-refractivity contribution in [3.63, 3.8) is 0 Å². The standard InChI is InChI=1S/C27H32ClN3O4/c1-17-6-8-18(9-7-17)16-31-20(21(29-24(31)28)25(2,3)35-5)22(32)30-27(14-15-27)26(4)12-10-19(11-13-26)23(33)34/h6-12H,13-16H2,1-5H3,(H,30,32)(H,33,34). The highest BCUT2D eigenvalue weighted by atomic mass is 35.5. The van der Waals surface area contributed by atoms with E-state index in [0.29, 0.717) is 24.4 Å². The van der Waals surface area contributed by atoms with E-state index >= 15 is 0 Å². The Balaban J connectivity index is 1.69. The van der Waals surface area contributed by atoms with E-state index in [0.717, 1.165) is 24.0 Å². The normalized spacial score (nSPS) is 20.9. The molecule has 1 atom stereocenters. The zero-order chi connectivity index (χ0) is 25.6. The molecule has 2 N–H and O–H groups in total. The number of hydrogen-bond acceptors (Lipinski definition) is 4. The summed E-state index contributed by atoms with van der Waals surface area (Å²) in [5.74, 6) is -1.21. The number of amides is 1. The number of carboxylic acid groups (broad SMARTS) is 1. The van der Waals surface area contributed by atoms with Crippen LogP contribution in [-0.2, 0) is 21.7 Å². The number of hydrogen-bond donors (Lipinski definition) is 2. The first-order chi connectivity index (χ1) is 16.4. The van der Waals surface area contributed by atoms with Gasteiger partial charge in [-0.1, -0.05) is 55.0 Å². The molecular weight excluding hydrogens is 466 g/mol. The van der Waals surface area contributed by atoms with Crippen LogP contribution in [0.2, 0.25) is 5.28 Å². The van der Waals surface area contributed by atoms with Crippen molar-refractivity contribution in [2.45, 2.75) is 64.6 Å². The van der Waals surface area contributed by atoms with E-state index in [2.05, 4.69) is 17.2 Å². The molecule has 35 heavy (non-hydrogen) atoms. The first-order valence-electron chi connectivity index (χ1n) is 11.7. The van der Waals surface area contributed by atoms with Gasteiger partial charge in [0.25, 0.3) is 5.91 Å². The van der Waals surface area contributed by atoms with Crippen molar-refractivity contribution in [2.75, 3.05) is 7.11 Å². The lowest BCUT2D eigenvalue weighted by atomic mass is 9.73. The molecule has 1 fully saturated rings. The number of carboxylic acids is 1. The fourth-order valence-corrected chi connectivity index (χ4v) is 4.91. The van der Waals surface area contributed by atoms with E-state index < -0.39 is 22.5 Å². The minimum Gasteiger partial charge on any atom is -0.478 e. The molecule has 0 saturated heterocycles. The van der Waals surface area contributed by atoms with Crippen LogP contribution in [0.25, 0.3) is 0 Å². The van der Waals surface area contributed by atoms with E-state index in [1.54, 1.807) is 23.8 Å². The lowest BCUT2D eigenvalue weighted by Gasteiger charge is -2.37. The number of aryl methyl sites for hydroxylation is 1. The highest BCUT2D eigenvalue weighted by Gasteiger charge is 2.57. The zero-order valence-electron chi connectivity index (χ0n) is 20.8. The van der Waals surface area contributed by atoms with Gasteiger partial charge in [-0.2, -0.15) is 0 Å². The number of rotatable bonds is 8. The number of allylic oxidation sites excluding steroid dienone is 1. The quantitative estimate of drug-likeness (QED) is 0.534. The number of ether oxygens (including phenoxy) is 1. The second kappa shape index (κ2) is 8.95. The minimum absolute atomic E-state index is 0.221. The van der Waals surface area contributed by atoms with Crippen LogP contribution in [0.1, 0.15) is 67.3 Å². The SMILES string of the molecule is COC(C)(C)c1nc(Cl)n(Cc2ccc(C)cc2)c1C(=O)NC1(C2(C)C=CC(C(=O)O)=CC2)CC1. The Labute approximate surface area is 210 Å². The lowest BCUT2D eigenvalue weighted by molar-refractivity contribution is -0.132. The molecule has 1 saturated carbocycles. The zero-order valence-corrected chi connectivity index (χ0v) is 21.6. The molecule has 0 spiro atoms. The highest BCUT2D eigenvalue weighted by Crippen LogP contribution is 2.54. The van der Waals surface area contributed by atoms with Crippen LogP contribution < -0.4 is 5.32 Å². The number of nitrogens with zero attached hydrogens (tertiary/aromatic N) is 2. The summed E-state index contributed by atoms with van der Waals surface area (Å²) in [5.41, 5.74) is 1.57. The monoisotopic (exact) mass is 497 g/mol. The van der Waals surface area contributed by atoms with Crippen molar-refractivity contribution < 1.29 is 19.4 Å². The second-order valence-electron chi connectivity index (χ2n) is 10.3. The Morgan fingerprint density at radius 2 is 1.91 bits per heavy atom. The van der Waals surface area contributed by atoms with Crippen LogP contribution in [0.4, 0.5) is 0 Å². The van der Waals surface area contributed by atoms with Crippen molar-refractivity contribution in [1.29, 1.82) is 0 Å². The molecule has 2 aliphatic rings. The Hall–Kier alpha value is -2.90. The summed E-state index contributed by atoms with van der Waals surface area (Å²) in [6.07, 6.45) is 7.42. The van der Waals surface area contributed by atoms with Gasteiger partial charge in [0.1, 0.15) is 17.0 Å². The number of methoxy groups -OCH3 is 1. The molecule has 8 heteroatoms. The predicted molar refractivity (Wildman–Crippen MR) is 135 cm³/mol. The Bertz CT molecular complexity index is 1220. The molecule has 4 rings (SSSR count). The van der Waals surface area contributed by atoms with Crippen molar-refractivity contribution in [1.82, 2.24) is 14.9 Å². The second-order valence-corrected chi connectivity index (χ2v) is 10.7. The van der Waals surface area contributed by atoms with Gasteiger partial charge >= 0.3 is 5.97 Å². The number of benzene rings is 1. The first-order valence-corrected chi connectivity index (χ1v) is 12.1. The van der Waals surface area contributed by atoms with Gasteiger partial charge in [-0.25, -0.2) is 9.78 Å². The average molecular weight is 498 g/mol. The summed E-state index contributed by atoms with van der Waals surface area (Å²) >= 11 is 6.59. The Morgan fingerprint density at radius 3 is 2.43 bits per heavy atom. The summed E-state index contributed by atoms with van der Waals surface area (Å²) < 4.78 is 7.41. The number of aromatic nitrogens is 2. The van der Waals surface area contributed by atoms with Gasteiger partial charge in [0.15, 0.2) is 0 Å². The molecule has 1 heterocycles. The molecule has 1 aromatic carbocycles. The van der Waals surface area contributed by atoms with Gasteiger partial charge in [0.2, 0.25) is 5.28 Å². The molecule has 7 nitrogen and oxygen atoms in total. The Morgan fingerprint density at radius 1 is 1.26 bits per heavy atom. The molecule has 0 bridgehead atoms. The van der Waals surface area contributed by atoms with Gasteiger partial charge in [-0.3, -0.25) is 4.79 Å². The summed E-state index contributed by atoms with van der Waals surface area (Å²) in [4.78, 5) is 29.8. The van der Waals surface area contributed by atoms with E-state index in [9.17, 15) is 14.7 Å². The number of carbonyl (C=O) groups excluding carboxylic acids is 1. The van der Waals surface area contributed by atoms with Gasteiger partial charge in [-0.05, 0) is 57.2 Å². The van der Waals surface area contributed by atoms with E-state index in [1.165, 1.54) is 0 Å². The fraction of sp³-hybridized carbons (Fsp3) is 0.444. The summed E-state index contributed by atoms with van der Waals surface area (Å²) in [7, 11) is 1.58. The number of nitrogens with one attached hydrogen (secondary N) is 1. The number of imidazole rings is 1. The van der Waals surface area contributed by atoms with Crippen molar-refractivity contribution in [3.05, 3.63) is 75.9 Å². The largest absolute Gasteiger partial charge is 0.478 e. The van der Waals surface area contributed by atoms with Gasteiger partial charge in [0, 0.05) is 18.1 Å². The van der Waals surface area contributed by atoms with Crippen molar-refractivity contribution in [3.8, 4) is 0 Å². The molecular formula is C27H32ClN3O4. The maximum atomic E-state index is 13.9. The van der Waals surface area contributed by atoms with Crippen LogP contribution in [0.5, 0.6) is 0 Å². The van der Waals surface area contributed by atoms with Crippen LogP contribution in [0, 0.1) is 12.3 Å². The third kappa shape index (κ3) is 4.67. The summed E-state index contributed by atoms with van der Waals surface area (Å²) in [5, 5.41) is 12.8. The van der Waals surface area contributed by atoms with Crippen molar-refractivity contribution >= 4 is 23.5 Å². The van der Waals surface area contributed by atoms with E-state index in [1.807, 2.05) is 51.1 Å². The van der Waals surface area contributed by atoms with E-state index in [-0.39, 0.29) is 16.8 Å². The third-order valence-corrected chi connectivity index (χ3v) is 7.79. The number of carbonyl (C=O) groups is 2. The summed E-state index contributed by atoms with van der Waals surface area (Å²) in [6.45, 7) is 8.19. The molecule has 1 aromatic heterocycles. The highest BCUT2D eigenvalue weighted by molar-refractivity contribution is 6.29. The number of aliphatic carboxylic acids is 1. The molecule has 1 amide bonds. The fourth-order valence-electron chi connectivity index (χ4n) is 4.68. The average Bonchev–Trinajstić information content (AvgIpc) is 3.53. The Kier molecular flexibility index (Phi) is 6.45. The maximum absolute atomic E-state index is 13.9. The first kappa shape index (κ1) is 25.2. The van der Waals surface area contributed by atoms with Crippen LogP contribution in [0.3, 0.4) is 0 Å². The molecule has 1 unspecified atom stereocenters. The van der Waals surface area contributed by atoms with Crippen LogP contribution >= 0.6 is 11.6 Å². The van der Waals surface area contributed by atoms with Gasteiger partial charge < -0.3 is 19.7 Å². The summed E-state index contributed by atoms with van der Waals surface area (Å²) in [6, 6.07) is 8.07. The predicted octanol–water partition coefficient (Wildman–Crippen LogP) is 5.01. The van der Waals surface area contributed by atoms with Crippen molar-refractivity contribution in [2.24, 2.45) is 5.41 Å². The van der Waals surface area contributed by atoms with Gasteiger partial charge in [-0.15, -0.1) is 0 Å². The molecule has 0 radical (unpaired) electrons. The van der Waals surface area contributed by atoms with Crippen LogP contribution in [0.15, 0.2) is 48.1 Å².